The molecule has 2 aromatic rings. The van der Waals surface area contributed by atoms with Crippen molar-refractivity contribution in [2.24, 2.45) is 0 Å². The second-order valence-corrected chi connectivity index (χ2v) is 7.83. The minimum Gasteiger partial charge on any atom is -0.368 e. The van der Waals surface area contributed by atoms with E-state index in [0.29, 0.717) is 13.0 Å². The molecule has 6 nitrogen and oxygen atoms in total. The number of nitrogens with zero attached hydrogens (tertiary/aromatic N) is 4. The molecular formula is C22H28N4O2. The van der Waals surface area contributed by atoms with E-state index in [4.69, 9.17) is 9.72 Å². The average molecular weight is 380 g/mol. The summed E-state index contributed by atoms with van der Waals surface area (Å²) in [6.45, 7) is 4.11. The maximum absolute atomic E-state index is 12.6. The minimum atomic E-state index is -0.335. The highest BCUT2D eigenvalue weighted by Gasteiger charge is 2.43. The summed E-state index contributed by atoms with van der Waals surface area (Å²) in [5, 5.41) is 0. The highest BCUT2D eigenvalue weighted by atomic mass is 16.5. The van der Waals surface area contributed by atoms with Crippen LogP contribution in [0.5, 0.6) is 0 Å². The molecule has 0 saturated carbocycles. The first-order chi connectivity index (χ1) is 13.7. The predicted octanol–water partition coefficient (Wildman–Crippen LogP) is 2.98. The first-order valence-electron chi connectivity index (χ1n) is 10.3. The molecule has 0 bridgehead atoms. The Morgan fingerprint density at radius 2 is 2.11 bits per heavy atom. The number of aryl methyl sites for hydroxylation is 2. The quantitative estimate of drug-likeness (QED) is 0.746. The third kappa shape index (κ3) is 4.07. The van der Waals surface area contributed by atoms with Crippen LogP contribution in [0.25, 0.3) is 0 Å². The third-order valence-corrected chi connectivity index (χ3v) is 5.92. The summed E-state index contributed by atoms with van der Waals surface area (Å²) in [5.74, 6) is 1.05. The summed E-state index contributed by atoms with van der Waals surface area (Å²) < 4.78 is 6.23. The van der Waals surface area contributed by atoms with E-state index in [1.54, 1.807) is 6.20 Å². The summed E-state index contributed by atoms with van der Waals surface area (Å²) >= 11 is 0. The number of amides is 1. The van der Waals surface area contributed by atoms with Crippen LogP contribution in [0.3, 0.4) is 0 Å². The van der Waals surface area contributed by atoms with Crippen LogP contribution >= 0.6 is 0 Å². The van der Waals surface area contributed by atoms with E-state index >= 15 is 0 Å². The number of aromatic nitrogens is 3. The van der Waals surface area contributed by atoms with Crippen molar-refractivity contribution >= 4 is 5.91 Å². The average Bonchev–Trinajstić information content (AvgIpc) is 2.73. The molecule has 1 saturated heterocycles. The van der Waals surface area contributed by atoms with Crippen molar-refractivity contribution in [2.75, 3.05) is 19.7 Å². The van der Waals surface area contributed by atoms with Crippen LogP contribution in [0.15, 0.2) is 30.7 Å². The van der Waals surface area contributed by atoms with E-state index in [-0.39, 0.29) is 11.5 Å². The fourth-order valence-corrected chi connectivity index (χ4v) is 4.31. The molecule has 1 spiro atoms. The van der Waals surface area contributed by atoms with Gasteiger partial charge in [-0.25, -0.2) is 9.97 Å². The number of ether oxygens (including phenoxy) is 1. The number of piperidine rings is 1. The minimum absolute atomic E-state index is 0.260. The van der Waals surface area contributed by atoms with Gasteiger partial charge in [0.2, 0.25) is 5.91 Å². The van der Waals surface area contributed by atoms with Crippen molar-refractivity contribution in [3.05, 3.63) is 53.4 Å². The predicted molar refractivity (Wildman–Crippen MR) is 106 cm³/mol. The van der Waals surface area contributed by atoms with Gasteiger partial charge in [-0.15, -0.1) is 0 Å². The van der Waals surface area contributed by atoms with Gasteiger partial charge in [0.15, 0.2) is 0 Å². The van der Waals surface area contributed by atoms with Crippen molar-refractivity contribution in [3.8, 4) is 0 Å². The maximum Gasteiger partial charge on any atom is 0.222 e. The molecule has 6 heteroatoms. The first kappa shape index (κ1) is 19.0. The van der Waals surface area contributed by atoms with Gasteiger partial charge in [-0.2, -0.15) is 0 Å². The van der Waals surface area contributed by atoms with Gasteiger partial charge in [-0.05, 0) is 62.6 Å². The largest absolute Gasteiger partial charge is 0.368 e. The van der Waals surface area contributed by atoms with Crippen molar-refractivity contribution in [1.29, 1.82) is 0 Å². The van der Waals surface area contributed by atoms with Gasteiger partial charge in [0, 0.05) is 38.1 Å². The zero-order valence-electron chi connectivity index (χ0n) is 16.6. The molecule has 28 heavy (non-hydrogen) atoms. The summed E-state index contributed by atoms with van der Waals surface area (Å²) in [5.41, 5.74) is 3.15. The Labute approximate surface area is 166 Å². The molecular weight excluding hydrogens is 352 g/mol. The lowest BCUT2D eigenvalue weighted by atomic mass is 9.83. The van der Waals surface area contributed by atoms with E-state index in [1.807, 2.05) is 30.3 Å². The normalized spacial score (nSPS) is 18.1. The van der Waals surface area contributed by atoms with Gasteiger partial charge in [-0.1, -0.05) is 6.07 Å². The fraction of sp³-hybridized carbons (Fsp3) is 0.545. The highest BCUT2D eigenvalue weighted by molar-refractivity contribution is 5.76. The topological polar surface area (TPSA) is 68.2 Å². The van der Waals surface area contributed by atoms with Crippen molar-refractivity contribution < 1.29 is 9.53 Å². The van der Waals surface area contributed by atoms with Gasteiger partial charge >= 0.3 is 0 Å². The third-order valence-electron chi connectivity index (χ3n) is 5.92. The monoisotopic (exact) mass is 380 g/mol. The van der Waals surface area contributed by atoms with Gasteiger partial charge in [-0.3, -0.25) is 9.78 Å². The molecule has 148 valence electrons. The molecule has 0 N–H and O–H groups in total. The zero-order chi connectivity index (χ0) is 19.4. The molecule has 0 atom stereocenters. The van der Waals surface area contributed by atoms with E-state index in [0.717, 1.165) is 63.1 Å². The number of carbonyl (C=O) groups is 1. The molecule has 2 aliphatic rings. The summed E-state index contributed by atoms with van der Waals surface area (Å²) in [6.07, 6.45) is 11.7. The van der Waals surface area contributed by atoms with Crippen LogP contribution in [0.2, 0.25) is 0 Å². The van der Waals surface area contributed by atoms with Gasteiger partial charge in [0.25, 0.3) is 0 Å². The Morgan fingerprint density at radius 3 is 2.89 bits per heavy atom. The van der Waals surface area contributed by atoms with Gasteiger partial charge in [0.05, 0.1) is 12.3 Å². The van der Waals surface area contributed by atoms with Crippen molar-refractivity contribution in [3.63, 3.8) is 0 Å². The van der Waals surface area contributed by atoms with E-state index in [1.165, 1.54) is 11.1 Å². The molecule has 2 aromatic heterocycles. The lowest BCUT2D eigenvalue weighted by Crippen LogP contribution is -2.49. The van der Waals surface area contributed by atoms with Crippen LogP contribution in [-0.2, 0) is 28.0 Å². The molecule has 0 aliphatic carbocycles. The Kier molecular flexibility index (Phi) is 5.67. The first-order valence-corrected chi connectivity index (χ1v) is 10.3. The molecule has 4 heterocycles. The van der Waals surface area contributed by atoms with Crippen LogP contribution in [-0.4, -0.2) is 45.5 Å². The standard InChI is InChI=1S/C22H28N4O2/c1-17-24-16-19-8-14-28-22(21(19)25-17)9-12-26(13-10-22)20(27)7-3-2-5-18-6-4-11-23-15-18/h4,6,11,15-16H,2-3,5,7-10,12-14H2,1H3. The Hall–Kier alpha value is -2.34. The number of unbranched alkanes of at least 4 members (excludes halogenated alkanes) is 1. The molecule has 4 rings (SSSR count). The zero-order valence-corrected chi connectivity index (χ0v) is 16.6. The molecule has 0 radical (unpaired) electrons. The lowest BCUT2D eigenvalue weighted by molar-refractivity contribution is -0.141. The number of fused-ring (bicyclic) bond motifs is 2. The van der Waals surface area contributed by atoms with Crippen LogP contribution in [0.4, 0.5) is 0 Å². The van der Waals surface area contributed by atoms with E-state index in [9.17, 15) is 4.79 Å². The number of hydrogen-bond acceptors (Lipinski definition) is 5. The SMILES string of the molecule is Cc1ncc2c(n1)C1(CCN(C(=O)CCCCc3cccnc3)CC1)OCC2. The van der Waals surface area contributed by atoms with E-state index in [2.05, 4.69) is 16.0 Å². The second-order valence-electron chi connectivity index (χ2n) is 7.83. The number of carbonyl (C=O) groups excluding carboxylic acids is 1. The maximum atomic E-state index is 12.6. The van der Waals surface area contributed by atoms with Crippen molar-refractivity contribution in [1.82, 2.24) is 19.9 Å². The number of likely N-dealkylation sites (tertiary alicyclic amines) is 1. The van der Waals surface area contributed by atoms with Crippen LogP contribution in [0, 0.1) is 6.92 Å². The molecule has 0 unspecified atom stereocenters. The van der Waals surface area contributed by atoms with Crippen molar-refractivity contribution in [2.45, 2.75) is 57.5 Å². The summed E-state index contributed by atoms with van der Waals surface area (Å²) in [4.78, 5) is 27.8. The van der Waals surface area contributed by atoms with Gasteiger partial charge in [0.1, 0.15) is 11.4 Å². The fourth-order valence-electron chi connectivity index (χ4n) is 4.31. The molecule has 1 fully saturated rings. The van der Waals surface area contributed by atoms with Crippen LogP contribution < -0.4 is 0 Å². The summed E-state index contributed by atoms with van der Waals surface area (Å²) in [6, 6.07) is 4.05. The van der Waals surface area contributed by atoms with E-state index < -0.39 is 0 Å². The molecule has 1 amide bonds. The number of rotatable bonds is 5. The van der Waals surface area contributed by atoms with Crippen LogP contribution in [0.1, 0.15) is 54.7 Å². The Morgan fingerprint density at radius 1 is 1.25 bits per heavy atom. The smallest absolute Gasteiger partial charge is 0.222 e. The Bertz CT molecular complexity index is 817. The lowest BCUT2D eigenvalue weighted by Gasteiger charge is -2.44. The van der Waals surface area contributed by atoms with Gasteiger partial charge < -0.3 is 9.64 Å². The Balaban J connectivity index is 1.29. The number of hydrogen-bond donors (Lipinski definition) is 0. The number of pyridine rings is 1. The molecule has 2 aliphatic heterocycles. The highest BCUT2D eigenvalue weighted by Crippen LogP contribution is 2.40. The second kappa shape index (κ2) is 8.35. The summed E-state index contributed by atoms with van der Waals surface area (Å²) in [7, 11) is 0. The molecule has 0 aromatic carbocycles.